The highest BCUT2D eigenvalue weighted by molar-refractivity contribution is 7.98. The molecule has 3 amide bonds. The van der Waals surface area contributed by atoms with Gasteiger partial charge in [-0.1, -0.05) is 27.7 Å². The van der Waals surface area contributed by atoms with Crippen molar-refractivity contribution in [3.05, 3.63) is 0 Å². The number of carbonyl (C=O) groups is 4. The Kier molecular flexibility index (Phi) is 13.8. The number of carbonyl (C=O) groups excluding carboxylic acids is 3. The lowest BCUT2D eigenvalue weighted by molar-refractivity contribution is -0.142. The third kappa shape index (κ3) is 10.5. The van der Waals surface area contributed by atoms with E-state index in [4.69, 9.17) is 10.8 Å². The molecule has 0 fully saturated rings. The quantitative estimate of drug-likeness (QED) is 0.202. The number of nitrogens with two attached hydrogens (primary N) is 1. The second kappa shape index (κ2) is 14.5. The summed E-state index contributed by atoms with van der Waals surface area (Å²) in [6, 6.07) is -3.71. The standard InChI is InChI=1S/C19H36N4O5S2/c1-10(2)8-13(21-16(24)12(20)6-7-30-5)17(25)23-15(11(3)4)18(26)22-14(9-29)19(27)28/h10-15,29H,6-9,20H2,1-5H3,(H,21,24)(H,22,26)(H,23,25)(H,27,28). The van der Waals surface area contributed by atoms with Crippen LogP contribution < -0.4 is 21.7 Å². The predicted octanol–water partition coefficient (Wildman–Crippen LogP) is 0.238. The Hall–Kier alpha value is -1.46. The number of carboxylic acids is 1. The predicted molar refractivity (Wildman–Crippen MR) is 123 cm³/mol. The first-order valence-electron chi connectivity index (χ1n) is 9.93. The second-order valence-electron chi connectivity index (χ2n) is 7.89. The smallest absolute Gasteiger partial charge is 0.327 e. The molecule has 0 radical (unpaired) electrons. The third-order valence-electron chi connectivity index (χ3n) is 4.35. The summed E-state index contributed by atoms with van der Waals surface area (Å²) in [6.45, 7) is 7.29. The van der Waals surface area contributed by atoms with Gasteiger partial charge in [0.15, 0.2) is 0 Å². The Morgan fingerprint density at radius 2 is 1.53 bits per heavy atom. The largest absolute Gasteiger partial charge is 0.480 e. The van der Waals surface area contributed by atoms with Crippen molar-refractivity contribution in [3.8, 4) is 0 Å². The Labute approximate surface area is 188 Å². The molecular formula is C19H36N4O5S2. The average molecular weight is 465 g/mol. The van der Waals surface area contributed by atoms with Gasteiger partial charge in [-0.25, -0.2) is 4.79 Å². The van der Waals surface area contributed by atoms with Crippen LogP contribution in [0, 0.1) is 11.8 Å². The molecule has 11 heteroatoms. The molecule has 0 aliphatic rings. The van der Waals surface area contributed by atoms with Gasteiger partial charge in [0.1, 0.15) is 18.1 Å². The van der Waals surface area contributed by atoms with Gasteiger partial charge in [-0.3, -0.25) is 14.4 Å². The first-order valence-corrected chi connectivity index (χ1v) is 12.0. The van der Waals surface area contributed by atoms with E-state index in [1.54, 1.807) is 25.6 Å². The van der Waals surface area contributed by atoms with Gasteiger partial charge >= 0.3 is 5.97 Å². The third-order valence-corrected chi connectivity index (χ3v) is 5.36. The van der Waals surface area contributed by atoms with Crippen molar-refractivity contribution in [2.24, 2.45) is 17.6 Å². The molecule has 4 atom stereocenters. The Morgan fingerprint density at radius 1 is 0.967 bits per heavy atom. The maximum absolute atomic E-state index is 12.9. The second-order valence-corrected chi connectivity index (χ2v) is 9.24. The Balaban J connectivity index is 5.28. The van der Waals surface area contributed by atoms with Crippen molar-refractivity contribution >= 4 is 48.1 Å². The number of nitrogens with one attached hydrogen (secondary N) is 3. The van der Waals surface area contributed by atoms with E-state index in [2.05, 4.69) is 28.6 Å². The van der Waals surface area contributed by atoms with E-state index in [1.807, 2.05) is 20.1 Å². The molecule has 174 valence electrons. The van der Waals surface area contributed by atoms with Crippen molar-refractivity contribution < 1.29 is 24.3 Å². The molecule has 0 heterocycles. The summed E-state index contributed by atoms with van der Waals surface area (Å²) in [6.07, 6.45) is 2.77. The van der Waals surface area contributed by atoms with Crippen LogP contribution in [0.5, 0.6) is 0 Å². The van der Waals surface area contributed by atoms with E-state index in [9.17, 15) is 19.2 Å². The van der Waals surface area contributed by atoms with Crippen LogP contribution in [0.3, 0.4) is 0 Å². The molecule has 0 rings (SSSR count). The topological polar surface area (TPSA) is 151 Å². The first kappa shape index (κ1) is 28.5. The summed E-state index contributed by atoms with van der Waals surface area (Å²) < 4.78 is 0. The summed E-state index contributed by atoms with van der Waals surface area (Å²) in [5.74, 6) is -2.32. The van der Waals surface area contributed by atoms with Crippen LogP contribution in [0.25, 0.3) is 0 Å². The molecule has 0 spiro atoms. The molecule has 0 aliphatic carbocycles. The minimum absolute atomic E-state index is 0.0835. The molecule has 4 unspecified atom stereocenters. The highest BCUT2D eigenvalue weighted by Gasteiger charge is 2.31. The number of aliphatic carboxylic acids is 1. The lowest BCUT2D eigenvalue weighted by Gasteiger charge is -2.27. The van der Waals surface area contributed by atoms with E-state index in [-0.39, 0.29) is 17.6 Å². The maximum atomic E-state index is 12.9. The highest BCUT2D eigenvalue weighted by Crippen LogP contribution is 2.09. The summed E-state index contributed by atoms with van der Waals surface area (Å²) in [5, 5.41) is 16.8. The molecule has 0 saturated carbocycles. The lowest BCUT2D eigenvalue weighted by atomic mass is 9.99. The number of hydrogen-bond donors (Lipinski definition) is 6. The Bertz CT molecular complexity index is 589. The molecule has 0 aromatic carbocycles. The fourth-order valence-corrected chi connectivity index (χ4v) is 3.33. The maximum Gasteiger partial charge on any atom is 0.327 e. The molecule has 0 aliphatic heterocycles. The SMILES string of the molecule is CSCCC(N)C(=O)NC(CC(C)C)C(=O)NC(C(=O)NC(CS)C(=O)O)C(C)C. The van der Waals surface area contributed by atoms with E-state index in [0.29, 0.717) is 12.8 Å². The van der Waals surface area contributed by atoms with Crippen molar-refractivity contribution in [1.82, 2.24) is 16.0 Å². The van der Waals surface area contributed by atoms with Gasteiger partial charge in [0, 0.05) is 5.75 Å². The van der Waals surface area contributed by atoms with Gasteiger partial charge in [-0.15, -0.1) is 0 Å². The van der Waals surface area contributed by atoms with Crippen molar-refractivity contribution in [3.63, 3.8) is 0 Å². The average Bonchev–Trinajstić information content (AvgIpc) is 2.66. The molecule has 6 N–H and O–H groups in total. The summed E-state index contributed by atoms with van der Waals surface area (Å²) in [4.78, 5) is 49.0. The van der Waals surface area contributed by atoms with Crippen molar-refractivity contribution in [2.75, 3.05) is 17.8 Å². The molecule has 0 saturated heterocycles. The molecule has 0 bridgehead atoms. The minimum atomic E-state index is -1.21. The van der Waals surface area contributed by atoms with Crippen LogP contribution in [0.2, 0.25) is 0 Å². The van der Waals surface area contributed by atoms with Crippen LogP contribution in [0.4, 0.5) is 0 Å². The van der Waals surface area contributed by atoms with E-state index in [0.717, 1.165) is 5.75 Å². The van der Waals surface area contributed by atoms with Crippen LogP contribution in [-0.2, 0) is 19.2 Å². The van der Waals surface area contributed by atoms with Gasteiger partial charge in [0.25, 0.3) is 0 Å². The Morgan fingerprint density at radius 3 is 1.97 bits per heavy atom. The molecule has 9 nitrogen and oxygen atoms in total. The van der Waals surface area contributed by atoms with Crippen LogP contribution in [0.1, 0.15) is 40.5 Å². The van der Waals surface area contributed by atoms with E-state index < -0.39 is 47.9 Å². The lowest BCUT2D eigenvalue weighted by Crippen LogP contribution is -2.58. The van der Waals surface area contributed by atoms with Gasteiger partial charge in [-0.05, 0) is 36.7 Å². The number of rotatable bonds is 14. The highest BCUT2D eigenvalue weighted by atomic mass is 32.2. The fraction of sp³-hybridized carbons (Fsp3) is 0.789. The zero-order valence-corrected chi connectivity index (χ0v) is 20.0. The van der Waals surface area contributed by atoms with E-state index in [1.165, 1.54) is 0 Å². The van der Waals surface area contributed by atoms with Gasteiger partial charge in [-0.2, -0.15) is 24.4 Å². The zero-order chi connectivity index (χ0) is 23.4. The van der Waals surface area contributed by atoms with Crippen molar-refractivity contribution in [1.29, 1.82) is 0 Å². The van der Waals surface area contributed by atoms with Crippen LogP contribution in [-0.4, -0.2) is 70.7 Å². The van der Waals surface area contributed by atoms with Crippen LogP contribution >= 0.6 is 24.4 Å². The number of thiol groups is 1. The normalized spacial score (nSPS) is 15.2. The number of carboxylic acid groups (broad SMARTS) is 1. The molecular weight excluding hydrogens is 428 g/mol. The minimum Gasteiger partial charge on any atom is -0.480 e. The molecule has 0 aromatic heterocycles. The number of amides is 3. The van der Waals surface area contributed by atoms with E-state index >= 15 is 0 Å². The van der Waals surface area contributed by atoms with Gasteiger partial charge in [0.05, 0.1) is 6.04 Å². The number of hydrogen-bond acceptors (Lipinski definition) is 7. The fourth-order valence-electron chi connectivity index (χ4n) is 2.59. The summed E-state index contributed by atoms with van der Waals surface area (Å²) in [7, 11) is 0. The first-order chi connectivity index (χ1) is 13.9. The monoisotopic (exact) mass is 464 g/mol. The van der Waals surface area contributed by atoms with Gasteiger partial charge < -0.3 is 26.8 Å². The zero-order valence-electron chi connectivity index (χ0n) is 18.3. The van der Waals surface area contributed by atoms with Gasteiger partial charge in [0.2, 0.25) is 17.7 Å². The number of thioether (sulfide) groups is 1. The molecule has 0 aromatic rings. The summed E-state index contributed by atoms with van der Waals surface area (Å²) in [5.41, 5.74) is 5.89. The van der Waals surface area contributed by atoms with Crippen molar-refractivity contribution in [2.45, 2.75) is 64.7 Å². The summed E-state index contributed by atoms with van der Waals surface area (Å²) >= 11 is 5.50. The molecule has 30 heavy (non-hydrogen) atoms. The van der Waals surface area contributed by atoms with Crippen LogP contribution in [0.15, 0.2) is 0 Å².